The second-order valence-corrected chi connectivity index (χ2v) is 9.30. The predicted molar refractivity (Wildman–Crippen MR) is 98.6 cm³/mol. The molecule has 0 amide bonds. The third kappa shape index (κ3) is 4.57. The van der Waals surface area contributed by atoms with E-state index in [0.717, 1.165) is 31.5 Å². The Labute approximate surface area is 147 Å². The van der Waals surface area contributed by atoms with Crippen molar-refractivity contribution in [2.45, 2.75) is 56.6 Å². The van der Waals surface area contributed by atoms with Gasteiger partial charge in [-0.3, -0.25) is 0 Å². The lowest BCUT2D eigenvalue weighted by molar-refractivity contribution is 0.157. The van der Waals surface area contributed by atoms with E-state index in [-0.39, 0.29) is 6.04 Å². The van der Waals surface area contributed by atoms with Gasteiger partial charge in [0.05, 0.1) is 4.90 Å². The summed E-state index contributed by atoms with van der Waals surface area (Å²) < 4.78 is 25.5. The van der Waals surface area contributed by atoms with E-state index in [9.17, 15) is 8.42 Å². The first-order valence-electron chi connectivity index (χ1n) is 8.74. The molecule has 1 atom stereocenters. The number of hydrogen-bond acceptors (Lipinski definition) is 4. The lowest BCUT2D eigenvalue weighted by atomic mass is 10.0. The summed E-state index contributed by atoms with van der Waals surface area (Å²) in [4.78, 5) is 2.86. The Morgan fingerprint density at radius 3 is 2.08 bits per heavy atom. The van der Waals surface area contributed by atoms with E-state index in [1.807, 2.05) is 12.1 Å². The molecule has 136 valence electrons. The molecule has 0 saturated carbocycles. The molecule has 6 heteroatoms. The Bertz CT molecular complexity index is 618. The third-order valence-corrected chi connectivity index (χ3v) is 6.73. The number of nitrogens with one attached hydrogen (secondary N) is 1. The maximum absolute atomic E-state index is 12.1. The van der Waals surface area contributed by atoms with E-state index >= 15 is 0 Å². The van der Waals surface area contributed by atoms with Gasteiger partial charge in [-0.25, -0.2) is 12.7 Å². The first-order valence-corrected chi connectivity index (χ1v) is 10.2. The van der Waals surface area contributed by atoms with Crippen molar-refractivity contribution in [2.24, 2.45) is 0 Å². The minimum absolute atomic E-state index is 0.219. The number of piperidine rings is 1. The van der Waals surface area contributed by atoms with Crippen LogP contribution in [0.3, 0.4) is 0 Å². The summed E-state index contributed by atoms with van der Waals surface area (Å²) in [5.41, 5.74) is 1.12. The maximum Gasteiger partial charge on any atom is 0.242 e. The average Bonchev–Trinajstić information content (AvgIpc) is 2.55. The zero-order valence-corrected chi connectivity index (χ0v) is 16.3. The van der Waals surface area contributed by atoms with Crippen LogP contribution in [0.1, 0.15) is 45.2 Å². The molecule has 0 spiro atoms. The Balaban J connectivity index is 1.95. The standard InChI is InChI=1S/C18H31N3O2S/c1-14(2)21-12-10-17(11-13-21)19-15(3)16-6-8-18(9-7-16)24(22,23)20(4)5/h6-9,14-15,17,19H,10-13H2,1-5H3. The minimum atomic E-state index is -3.35. The molecule has 1 saturated heterocycles. The molecule has 0 bridgehead atoms. The molecular weight excluding hydrogens is 322 g/mol. The van der Waals surface area contributed by atoms with E-state index in [1.54, 1.807) is 26.2 Å². The molecule has 0 radical (unpaired) electrons. The molecule has 5 nitrogen and oxygen atoms in total. The molecule has 0 aliphatic carbocycles. The van der Waals surface area contributed by atoms with Crippen molar-refractivity contribution in [3.63, 3.8) is 0 Å². The first kappa shape index (κ1) is 19.4. The average molecular weight is 354 g/mol. The highest BCUT2D eigenvalue weighted by Gasteiger charge is 2.22. The van der Waals surface area contributed by atoms with Gasteiger partial charge < -0.3 is 10.2 Å². The Kier molecular flexibility index (Phi) is 6.42. The first-order chi connectivity index (χ1) is 11.2. The molecular formula is C18H31N3O2S. The van der Waals surface area contributed by atoms with Crippen LogP contribution in [0.4, 0.5) is 0 Å². The fraction of sp³-hybridized carbons (Fsp3) is 0.667. The monoisotopic (exact) mass is 353 g/mol. The molecule has 2 rings (SSSR count). The van der Waals surface area contributed by atoms with Crippen LogP contribution in [-0.2, 0) is 10.0 Å². The van der Waals surface area contributed by atoms with Crippen LogP contribution in [-0.4, -0.2) is 56.9 Å². The molecule has 1 aromatic carbocycles. The zero-order valence-electron chi connectivity index (χ0n) is 15.5. The highest BCUT2D eigenvalue weighted by molar-refractivity contribution is 7.89. The smallest absolute Gasteiger partial charge is 0.242 e. The van der Waals surface area contributed by atoms with E-state index in [0.29, 0.717) is 17.0 Å². The molecule has 1 aliphatic rings. The lowest BCUT2D eigenvalue weighted by Gasteiger charge is -2.36. The van der Waals surface area contributed by atoms with Gasteiger partial charge in [0, 0.05) is 32.2 Å². The van der Waals surface area contributed by atoms with Gasteiger partial charge in [0.25, 0.3) is 0 Å². The normalized spacial score (nSPS) is 19.1. The van der Waals surface area contributed by atoms with Gasteiger partial charge in [-0.1, -0.05) is 12.1 Å². The van der Waals surface area contributed by atoms with Crippen molar-refractivity contribution in [2.75, 3.05) is 27.2 Å². The summed E-state index contributed by atoms with van der Waals surface area (Å²) in [6.07, 6.45) is 2.32. The van der Waals surface area contributed by atoms with Gasteiger partial charge >= 0.3 is 0 Å². The van der Waals surface area contributed by atoms with E-state index < -0.39 is 10.0 Å². The highest BCUT2D eigenvalue weighted by atomic mass is 32.2. The molecule has 1 unspecified atom stereocenters. The summed E-state index contributed by atoms with van der Waals surface area (Å²) in [6, 6.07) is 8.59. The van der Waals surface area contributed by atoms with Gasteiger partial charge in [0.1, 0.15) is 0 Å². The second-order valence-electron chi connectivity index (χ2n) is 7.15. The van der Waals surface area contributed by atoms with Crippen molar-refractivity contribution >= 4 is 10.0 Å². The molecule has 1 aliphatic heterocycles. The number of hydrogen-bond donors (Lipinski definition) is 1. The molecule has 0 aromatic heterocycles. The quantitative estimate of drug-likeness (QED) is 0.854. The van der Waals surface area contributed by atoms with Crippen LogP contribution < -0.4 is 5.32 Å². The van der Waals surface area contributed by atoms with Gasteiger partial charge in [-0.2, -0.15) is 0 Å². The largest absolute Gasteiger partial charge is 0.307 e. The van der Waals surface area contributed by atoms with Crippen LogP contribution in [0.25, 0.3) is 0 Å². The Hall–Kier alpha value is -0.950. The maximum atomic E-state index is 12.1. The van der Waals surface area contributed by atoms with Crippen LogP contribution in [0.15, 0.2) is 29.2 Å². The van der Waals surface area contributed by atoms with Crippen molar-refractivity contribution < 1.29 is 8.42 Å². The molecule has 1 aromatic rings. The van der Waals surface area contributed by atoms with Gasteiger partial charge in [-0.05, 0) is 64.4 Å². The van der Waals surface area contributed by atoms with Crippen LogP contribution >= 0.6 is 0 Å². The molecule has 1 heterocycles. The minimum Gasteiger partial charge on any atom is -0.307 e. The third-order valence-electron chi connectivity index (χ3n) is 4.90. The van der Waals surface area contributed by atoms with Crippen molar-refractivity contribution in [3.8, 4) is 0 Å². The van der Waals surface area contributed by atoms with Crippen molar-refractivity contribution in [1.29, 1.82) is 0 Å². The van der Waals surface area contributed by atoms with E-state index in [1.165, 1.54) is 4.31 Å². The summed E-state index contributed by atoms with van der Waals surface area (Å²) >= 11 is 0. The Morgan fingerprint density at radius 2 is 1.62 bits per heavy atom. The summed E-state index contributed by atoms with van der Waals surface area (Å²) in [5, 5.41) is 3.69. The molecule has 1 fully saturated rings. The van der Waals surface area contributed by atoms with Crippen molar-refractivity contribution in [3.05, 3.63) is 29.8 Å². The fourth-order valence-corrected chi connectivity index (χ4v) is 4.07. The number of benzene rings is 1. The lowest BCUT2D eigenvalue weighted by Crippen LogP contribution is -2.45. The van der Waals surface area contributed by atoms with Crippen LogP contribution in [0, 0.1) is 0 Å². The van der Waals surface area contributed by atoms with Crippen LogP contribution in [0.5, 0.6) is 0 Å². The summed E-state index contributed by atoms with van der Waals surface area (Å²) in [5.74, 6) is 0. The number of likely N-dealkylation sites (tertiary alicyclic amines) is 1. The number of nitrogens with zero attached hydrogens (tertiary/aromatic N) is 2. The molecule has 24 heavy (non-hydrogen) atoms. The second kappa shape index (κ2) is 7.95. The van der Waals surface area contributed by atoms with E-state index in [4.69, 9.17) is 0 Å². The number of rotatable bonds is 6. The highest BCUT2D eigenvalue weighted by Crippen LogP contribution is 2.21. The van der Waals surface area contributed by atoms with Gasteiger partial charge in [-0.15, -0.1) is 0 Å². The Morgan fingerprint density at radius 1 is 1.08 bits per heavy atom. The van der Waals surface area contributed by atoms with Crippen molar-refractivity contribution in [1.82, 2.24) is 14.5 Å². The molecule has 1 N–H and O–H groups in total. The summed E-state index contributed by atoms with van der Waals surface area (Å²) in [7, 11) is -0.248. The SMILES string of the molecule is CC(NC1CCN(C(C)C)CC1)c1ccc(S(=O)(=O)N(C)C)cc1. The predicted octanol–water partition coefficient (Wildman–Crippen LogP) is 2.46. The number of sulfonamides is 1. The van der Waals surface area contributed by atoms with Crippen LogP contribution in [0.2, 0.25) is 0 Å². The summed E-state index contributed by atoms with van der Waals surface area (Å²) in [6.45, 7) is 8.92. The van der Waals surface area contributed by atoms with Gasteiger partial charge in [0.2, 0.25) is 10.0 Å². The fourth-order valence-electron chi connectivity index (χ4n) is 3.17. The topological polar surface area (TPSA) is 52.7 Å². The van der Waals surface area contributed by atoms with E-state index in [2.05, 4.69) is 31.0 Å². The zero-order chi connectivity index (χ0) is 17.9. The van der Waals surface area contributed by atoms with Gasteiger partial charge in [0.15, 0.2) is 0 Å².